The summed E-state index contributed by atoms with van der Waals surface area (Å²) in [6.45, 7) is 1.61. The predicted octanol–water partition coefficient (Wildman–Crippen LogP) is 2.16. The molecule has 4 nitrogen and oxygen atoms in total. The maximum Gasteiger partial charge on any atom is 0.166 e. The molecule has 0 aromatic heterocycles. The molecule has 1 aromatic carbocycles. The van der Waals surface area contributed by atoms with E-state index in [4.69, 9.17) is 4.74 Å². The lowest BCUT2D eigenvalue weighted by Gasteiger charge is -2.14. The highest BCUT2D eigenvalue weighted by Gasteiger charge is 2.20. The quantitative estimate of drug-likeness (QED) is 0.734. The largest absolute Gasteiger partial charge is 0.369 e. The summed E-state index contributed by atoms with van der Waals surface area (Å²) < 4.78 is 27.9. The summed E-state index contributed by atoms with van der Waals surface area (Å²) in [6.07, 6.45) is -0.0422. The molecule has 0 saturated carbocycles. The molecule has 0 radical (unpaired) electrons. The minimum Gasteiger partial charge on any atom is -0.369 e. The van der Waals surface area contributed by atoms with Crippen LogP contribution < -0.4 is 0 Å². The van der Waals surface area contributed by atoms with Crippen molar-refractivity contribution in [3.63, 3.8) is 0 Å². The van der Waals surface area contributed by atoms with Crippen molar-refractivity contribution >= 4 is 15.6 Å². The average Bonchev–Trinajstić information content (AvgIpc) is 2.40. The molecule has 1 unspecified atom stereocenters. The zero-order chi connectivity index (χ0) is 14.3. The van der Waals surface area contributed by atoms with E-state index in [-0.39, 0.29) is 23.7 Å². The smallest absolute Gasteiger partial charge is 0.166 e. The van der Waals surface area contributed by atoms with Gasteiger partial charge >= 0.3 is 0 Å². The zero-order valence-corrected chi connectivity index (χ0v) is 12.2. The van der Waals surface area contributed by atoms with Gasteiger partial charge < -0.3 is 4.74 Å². The Morgan fingerprint density at radius 2 is 1.89 bits per heavy atom. The van der Waals surface area contributed by atoms with Crippen molar-refractivity contribution in [2.45, 2.75) is 25.9 Å². The van der Waals surface area contributed by atoms with Gasteiger partial charge in [-0.15, -0.1) is 0 Å². The number of carbonyl (C=O) groups is 1. The van der Waals surface area contributed by atoms with E-state index < -0.39 is 15.9 Å². The van der Waals surface area contributed by atoms with Gasteiger partial charge in [0, 0.05) is 19.3 Å². The van der Waals surface area contributed by atoms with Crippen LogP contribution >= 0.6 is 0 Å². The van der Waals surface area contributed by atoms with E-state index in [0.29, 0.717) is 6.42 Å². The van der Waals surface area contributed by atoms with E-state index in [1.807, 2.05) is 30.3 Å². The number of carbonyl (C=O) groups excluding carboxylic acids is 1. The molecule has 0 aliphatic rings. The average molecular weight is 284 g/mol. The summed E-state index contributed by atoms with van der Waals surface area (Å²) in [6, 6.07) is 9.21. The molecular weight excluding hydrogens is 264 g/mol. The SMILES string of the molecule is CCS(=O)(=O)CCCC(=O)C(OC)c1ccccc1. The molecule has 0 aliphatic heterocycles. The van der Waals surface area contributed by atoms with Crippen LogP contribution in [0.1, 0.15) is 31.4 Å². The Morgan fingerprint density at radius 1 is 1.26 bits per heavy atom. The van der Waals surface area contributed by atoms with Gasteiger partial charge in [0.05, 0.1) is 5.75 Å². The van der Waals surface area contributed by atoms with E-state index in [0.717, 1.165) is 5.56 Å². The van der Waals surface area contributed by atoms with Gasteiger partial charge in [-0.05, 0) is 12.0 Å². The Kier molecular flexibility index (Phi) is 6.18. The van der Waals surface area contributed by atoms with Crippen molar-refractivity contribution in [1.82, 2.24) is 0 Å². The normalized spacial score (nSPS) is 13.2. The van der Waals surface area contributed by atoms with Crippen molar-refractivity contribution in [1.29, 1.82) is 0 Å². The lowest BCUT2D eigenvalue weighted by atomic mass is 10.0. The first-order valence-corrected chi connectivity index (χ1v) is 8.13. The second-order valence-electron chi connectivity index (χ2n) is 4.33. The molecule has 0 aliphatic carbocycles. The Morgan fingerprint density at radius 3 is 2.42 bits per heavy atom. The summed E-state index contributed by atoms with van der Waals surface area (Å²) in [5.74, 6) is 0.0913. The molecule has 1 atom stereocenters. The highest BCUT2D eigenvalue weighted by Crippen LogP contribution is 2.19. The van der Waals surface area contributed by atoms with Gasteiger partial charge in [-0.1, -0.05) is 37.3 Å². The lowest BCUT2D eigenvalue weighted by Crippen LogP contribution is -2.16. The van der Waals surface area contributed by atoms with Gasteiger partial charge in [0.2, 0.25) is 0 Å². The van der Waals surface area contributed by atoms with Crippen LogP contribution in [0.3, 0.4) is 0 Å². The number of hydrogen-bond acceptors (Lipinski definition) is 4. The molecule has 1 aromatic rings. The van der Waals surface area contributed by atoms with Crippen molar-refractivity contribution in [3.05, 3.63) is 35.9 Å². The fourth-order valence-corrected chi connectivity index (χ4v) is 2.70. The van der Waals surface area contributed by atoms with Gasteiger partial charge in [-0.3, -0.25) is 4.79 Å². The van der Waals surface area contributed by atoms with Crippen LogP contribution in [0.15, 0.2) is 30.3 Å². The fourth-order valence-electron chi connectivity index (χ4n) is 1.82. The maximum atomic E-state index is 12.0. The van der Waals surface area contributed by atoms with Crippen LogP contribution in [0.4, 0.5) is 0 Å². The zero-order valence-electron chi connectivity index (χ0n) is 11.3. The highest BCUT2D eigenvalue weighted by atomic mass is 32.2. The van der Waals surface area contributed by atoms with Crippen LogP contribution in [0.25, 0.3) is 0 Å². The van der Waals surface area contributed by atoms with Crippen LogP contribution in [-0.2, 0) is 19.4 Å². The predicted molar refractivity (Wildman–Crippen MR) is 74.8 cm³/mol. The maximum absolute atomic E-state index is 12.0. The highest BCUT2D eigenvalue weighted by molar-refractivity contribution is 7.91. The van der Waals surface area contributed by atoms with E-state index >= 15 is 0 Å². The molecular formula is C14H20O4S. The summed E-state index contributed by atoms with van der Waals surface area (Å²) in [5.41, 5.74) is 0.799. The van der Waals surface area contributed by atoms with Crippen LogP contribution in [-0.4, -0.2) is 32.8 Å². The Hall–Kier alpha value is -1.20. The first kappa shape index (κ1) is 15.9. The number of benzene rings is 1. The minimum atomic E-state index is -3.01. The van der Waals surface area contributed by atoms with Crippen molar-refractivity contribution < 1.29 is 17.9 Å². The number of methoxy groups -OCH3 is 1. The van der Waals surface area contributed by atoms with Gasteiger partial charge in [0.1, 0.15) is 15.9 Å². The fraction of sp³-hybridized carbons (Fsp3) is 0.500. The number of ether oxygens (including phenoxy) is 1. The van der Waals surface area contributed by atoms with Gasteiger partial charge in [-0.2, -0.15) is 0 Å². The Balaban J connectivity index is 2.57. The van der Waals surface area contributed by atoms with Crippen molar-refractivity contribution in [2.24, 2.45) is 0 Å². The van der Waals surface area contributed by atoms with Crippen LogP contribution in [0.5, 0.6) is 0 Å². The van der Waals surface area contributed by atoms with Crippen LogP contribution in [0, 0.1) is 0 Å². The molecule has 0 fully saturated rings. The molecule has 0 amide bonds. The second-order valence-corrected chi connectivity index (χ2v) is 6.81. The van der Waals surface area contributed by atoms with Gasteiger partial charge in [0.15, 0.2) is 5.78 Å². The summed E-state index contributed by atoms with van der Waals surface area (Å²) in [4.78, 5) is 12.0. The number of sulfone groups is 1. The molecule has 0 heterocycles. The number of Topliss-reactive ketones (excluding diaryl/α,β-unsaturated/α-hetero) is 1. The number of ketones is 1. The molecule has 1 rings (SSSR count). The molecule has 106 valence electrons. The number of hydrogen-bond donors (Lipinski definition) is 0. The third-order valence-corrected chi connectivity index (χ3v) is 4.74. The van der Waals surface area contributed by atoms with Gasteiger partial charge in [0.25, 0.3) is 0 Å². The Labute approximate surface area is 114 Å². The van der Waals surface area contributed by atoms with E-state index in [9.17, 15) is 13.2 Å². The standard InChI is InChI=1S/C14H20O4S/c1-3-19(16,17)11-7-10-13(15)14(18-2)12-8-5-4-6-9-12/h4-6,8-9,14H,3,7,10-11H2,1-2H3. The first-order valence-electron chi connectivity index (χ1n) is 6.31. The molecule has 0 N–H and O–H groups in total. The van der Waals surface area contributed by atoms with Gasteiger partial charge in [-0.25, -0.2) is 8.42 Å². The Bertz CT molecular complexity index is 493. The van der Waals surface area contributed by atoms with E-state index in [1.54, 1.807) is 6.92 Å². The van der Waals surface area contributed by atoms with E-state index in [2.05, 4.69) is 0 Å². The molecule has 5 heteroatoms. The molecule has 0 saturated heterocycles. The topological polar surface area (TPSA) is 60.4 Å². The summed E-state index contributed by atoms with van der Waals surface area (Å²) >= 11 is 0. The van der Waals surface area contributed by atoms with E-state index in [1.165, 1.54) is 7.11 Å². The summed E-state index contributed by atoms with van der Waals surface area (Å²) in [5, 5.41) is 0. The molecule has 19 heavy (non-hydrogen) atoms. The van der Waals surface area contributed by atoms with Crippen molar-refractivity contribution in [3.8, 4) is 0 Å². The first-order chi connectivity index (χ1) is 9.00. The van der Waals surface area contributed by atoms with Crippen LogP contribution in [0.2, 0.25) is 0 Å². The molecule has 0 spiro atoms. The van der Waals surface area contributed by atoms with Crippen molar-refractivity contribution in [2.75, 3.05) is 18.6 Å². The monoisotopic (exact) mass is 284 g/mol. The third-order valence-electron chi connectivity index (χ3n) is 2.95. The minimum absolute atomic E-state index is 0.0560. The second kappa shape index (κ2) is 7.40. The molecule has 0 bridgehead atoms. The summed E-state index contributed by atoms with van der Waals surface area (Å²) in [7, 11) is -1.52. The third kappa shape index (κ3) is 5.12. The lowest BCUT2D eigenvalue weighted by molar-refractivity contribution is -0.129. The number of rotatable bonds is 8.